The summed E-state index contributed by atoms with van der Waals surface area (Å²) in [4.78, 5) is 34.5. The van der Waals surface area contributed by atoms with Gasteiger partial charge < -0.3 is 14.9 Å². The van der Waals surface area contributed by atoms with Crippen molar-refractivity contribution in [3.05, 3.63) is 71.1 Å². The predicted molar refractivity (Wildman–Crippen MR) is 135 cm³/mol. The molecule has 1 aliphatic rings. The molecule has 6 nitrogen and oxygen atoms in total. The second kappa shape index (κ2) is 12.5. The Bertz CT molecular complexity index is 978. The Hall–Kier alpha value is -2.99. The van der Waals surface area contributed by atoms with Crippen molar-refractivity contribution in [3.63, 3.8) is 0 Å². The third kappa shape index (κ3) is 6.11. The van der Waals surface area contributed by atoms with E-state index in [1.165, 1.54) is 0 Å². The molecule has 6 heteroatoms. The maximum Gasteiger partial charge on any atom is 0.295 e. The van der Waals surface area contributed by atoms with Crippen molar-refractivity contribution < 1.29 is 14.7 Å². The molecule has 1 aromatic carbocycles. The number of ketones is 1. The molecule has 1 fully saturated rings. The predicted octanol–water partition coefficient (Wildman–Crippen LogP) is 5.10. The zero-order valence-electron chi connectivity index (χ0n) is 20.7. The standard InChI is InChI=1S/C28H37N3O3/c1-4-6-16-30(17-7-5-2)18-9-19-31-25(23-10-8-15-29-20-23)24(27(33)28(31)34)26(32)22-13-11-21(3)12-14-22/h8,10-15,20,25,32H,4-7,9,16-19H2,1-3H3/t25-/m0/s1. The van der Waals surface area contributed by atoms with Gasteiger partial charge in [-0.1, -0.05) is 62.6 Å². The van der Waals surface area contributed by atoms with Crippen LogP contribution in [0.15, 0.2) is 54.4 Å². The second-order valence-corrected chi connectivity index (χ2v) is 9.05. The Morgan fingerprint density at radius 2 is 1.65 bits per heavy atom. The molecule has 3 rings (SSSR count). The zero-order chi connectivity index (χ0) is 24.5. The minimum Gasteiger partial charge on any atom is -0.507 e. The maximum absolute atomic E-state index is 13.1. The average molecular weight is 464 g/mol. The molecule has 1 amide bonds. The molecule has 1 aromatic heterocycles. The van der Waals surface area contributed by atoms with Crippen LogP contribution in [0.4, 0.5) is 0 Å². The van der Waals surface area contributed by atoms with Gasteiger partial charge >= 0.3 is 0 Å². The number of carbonyl (C=O) groups is 2. The molecule has 0 bridgehead atoms. The summed E-state index contributed by atoms with van der Waals surface area (Å²) >= 11 is 0. The van der Waals surface area contributed by atoms with Gasteiger partial charge in [0.2, 0.25) is 0 Å². The third-order valence-electron chi connectivity index (χ3n) is 6.39. The molecule has 1 saturated heterocycles. The molecular weight excluding hydrogens is 426 g/mol. The van der Waals surface area contributed by atoms with E-state index in [4.69, 9.17) is 0 Å². The summed E-state index contributed by atoms with van der Waals surface area (Å²) in [6.45, 7) is 9.77. The number of carbonyl (C=O) groups excluding carboxylic acids is 2. The highest BCUT2D eigenvalue weighted by Crippen LogP contribution is 2.39. The first-order valence-corrected chi connectivity index (χ1v) is 12.5. The van der Waals surface area contributed by atoms with E-state index in [1.54, 1.807) is 35.5 Å². The number of likely N-dealkylation sites (tertiary alicyclic amines) is 1. The number of hydrogen-bond acceptors (Lipinski definition) is 5. The molecule has 182 valence electrons. The first-order valence-electron chi connectivity index (χ1n) is 12.5. The Morgan fingerprint density at radius 3 is 2.24 bits per heavy atom. The number of aliphatic hydroxyl groups excluding tert-OH is 1. The maximum atomic E-state index is 13.1. The van der Waals surface area contributed by atoms with Gasteiger partial charge in [-0.3, -0.25) is 14.6 Å². The van der Waals surface area contributed by atoms with Gasteiger partial charge in [-0.15, -0.1) is 0 Å². The van der Waals surface area contributed by atoms with E-state index in [0.717, 1.165) is 62.9 Å². The van der Waals surface area contributed by atoms with E-state index in [9.17, 15) is 14.7 Å². The van der Waals surface area contributed by atoms with E-state index in [1.807, 2.05) is 25.1 Å². The van der Waals surface area contributed by atoms with E-state index in [-0.39, 0.29) is 11.3 Å². The zero-order valence-corrected chi connectivity index (χ0v) is 20.7. The van der Waals surface area contributed by atoms with Crippen molar-refractivity contribution in [2.24, 2.45) is 0 Å². The Kier molecular flexibility index (Phi) is 9.40. The van der Waals surface area contributed by atoms with Crippen molar-refractivity contribution in [1.82, 2.24) is 14.8 Å². The summed E-state index contributed by atoms with van der Waals surface area (Å²) in [6, 6.07) is 10.3. The van der Waals surface area contributed by atoms with Crippen molar-refractivity contribution in [2.45, 2.75) is 58.9 Å². The van der Waals surface area contributed by atoms with Crippen LogP contribution in [0.3, 0.4) is 0 Å². The summed E-state index contributed by atoms with van der Waals surface area (Å²) in [5, 5.41) is 11.1. The van der Waals surface area contributed by atoms with Crippen LogP contribution < -0.4 is 0 Å². The van der Waals surface area contributed by atoms with Crippen LogP contribution >= 0.6 is 0 Å². The number of aryl methyl sites for hydroxylation is 1. The van der Waals surface area contributed by atoms with Crippen molar-refractivity contribution in [1.29, 1.82) is 0 Å². The number of hydrogen-bond donors (Lipinski definition) is 1. The van der Waals surface area contributed by atoms with Gasteiger partial charge in [-0.05, 0) is 57.5 Å². The summed E-state index contributed by atoms with van der Waals surface area (Å²) in [6.07, 6.45) is 8.70. The monoisotopic (exact) mass is 463 g/mol. The van der Waals surface area contributed by atoms with Gasteiger partial charge in [0.1, 0.15) is 5.76 Å². The first kappa shape index (κ1) is 25.6. The number of aliphatic hydroxyl groups is 1. The SMILES string of the molecule is CCCCN(CCCC)CCCN1C(=O)C(=O)C(=C(O)c2ccc(C)cc2)[C@@H]1c1cccnc1. The highest BCUT2D eigenvalue weighted by molar-refractivity contribution is 6.46. The normalized spacial score (nSPS) is 17.6. The number of benzene rings is 1. The number of nitrogens with zero attached hydrogens (tertiary/aromatic N) is 3. The summed E-state index contributed by atoms with van der Waals surface area (Å²) in [5.41, 5.74) is 2.44. The van der Waals surface area contributed by atoms with Gasteiger partial charge in [-0.25, -0.2) is 0 Å². The lowest BCUT2D eigenvalue weighted by molar-refractivity contribution is -0.140. The highest BCUT2D eigenvalue weighted by atomic mass is 16.3. The summed E-state index contributed by atoms with van der Waals surface area (Å²) < 4.78 is 0. The smallest absolute Gasteiger partial charge is 0.295 e. The molecule has 0 unspecified atom stereocenters. The summed E-state index contributed by atoms with van der Waals surface area (Å²) in [7, 11) is 0. The van der Waals surface area contributed by atoms with E-state index in [2.05, 4.69) is 23.7 Å². The number of aromatic nitrogens is 1. The molecule has 0 spiro atoms. The molecule has 2 heterocycles. The van der Waals surface area contributed by atoms with Crippen LogP contribution in [-0.2, 0) is 9.59 Å². The number of rotatable bonds is 12. The fourth-order valence-corrected chi connectivity index (χ4v) is 4.43. The Morgan fingerprint density at radius 1 is 1.00 bits per heavy atom. The fourth-order valence-electron chi connectivity index (χ4n) is 4.43. The molecule has 0 saturated carbocycles. The van der Waals surface area contributed by atoms with Gasteiger partial charge in [0.05, 0.1) is 11.6 Å². The quantitative estimate of drug-likeness (QED) is 0.269. The van der Waals surface area contributed by atoms with Gasteiger partial charge in [0.25, 0.3) is 11.7 Å². The van der Waals surface area contributed by atoms with E-state index in [0.29, 0.717) is 12.1 Å². The van der Waals surface area contributed by atoms with Crippen LogP contribution in [0.5, 0.6) is 0 Å². The average Bonchev–Trinajstić information content (AvgIpc) is 3.11. The Balaban J connectivity index is 1.87. The van der Waals surface area contributed by atoms with Crippen LogP contribution in [0.25, 0.3) is 5.76 Å². The van der Waals surface area contributed by atoms with Crippen molar-refractivity contribution in [2.75, 3.05) is 26.2 Å². The molecular formula is C28H37N3O3. The molecule has 1 aliphatic heterocycles. The molecule has 0 aliphatic carbocycles. The Labute approximate surface area is 203 Å². The van der Waals surface area contributed by atoms with Gasteiger partial charge in [0, 0.05) is 24.5 Å². The van der Waals surface area contributed by atoms with Gasteiger partial charge in [-0.2, -0.15) is 0 Å². The number of pyridine rings is 1. The number of unbranched alkanes of at least 4 members (excludes halogenated alkanes) is 2. The lowest BCUT2D eigenvalue weighted by Gasteiger charge is -2.27. The lowest BCUT2D eigenvalue weighted by Crippen LogP contribution is -2.34. The van der Waals surface area contributed by atoms with E-state index < -0.39 is 17.7 Å². The largest absolute Gasteiger partial charge is 0.507 e. The van der Waals surface area contributed by atoms with E-state index >= 15 is 0 Å². The van der Waals surface area contributed by atoms with Crippen LogP contribution in [0, 0.1) is 6.92 Å². The molecule has 2 aromatic rings. The minimum atomic E-state index is -0.644. The van der Waals surface area contributed by atoms with Crippen LogP contribution in [-0.4, -0.2) is 57.8 Å². The fraction of sp³-hybridized carbons (Fsp3) is 0.464. The van der Waals surface area contributed by atoms with Crippen LogP contribution in [0.1, 0.15) is 68.7 Å². The first-order chi connectivity index (χ1) is 16.5. The molecule has 0 radical (unpaired) electrons. The van der Waals surface area contributed by atoms with Crippen LogP contribution in [0.2, 0.25) is 0 Å². The lowest BCUT2D eigenvalue weighted by atomic mass is 9.96. The van der Waals surface area contributed by atoms with Crippen molar-refractivity contribution in [3.8, 4) is 0 Å². The molecule has 34 heavy (non-hydrogen) atoms. The molecule has 1 N–H and O–H groups in total. The molecule has 1 atom stereocenters. The topological polar surface area (TPSA) is 73.7 Å². The minimum absolute atomic E-state index is 0.135. The number of Topliss-reactive ketones (excluding diaryl/α,β-unsaturated/α-hetero) is 1. The number of amides is 1. The summed E-state index contributed by atoms with van der Waals surface area (Å²) in [5.74, 6) is -1.33. The second-order valence-electron chi connectivity index (χ2n) is 9.05. The third-order valence-corrected chi connectivity index (χ3v) is 6.39. The van der Waals surface area contributed by atoms with Gasteiger partial charge in [0.15, 0.2) is 0 Å². The highest BCUT2D eigenvalue weighted by Gasteiger charge is 2.45. The van der Waals surface area contributed by atoms with Crippen molar-refractivity contribution >= 4 is 17.4 Å².